The van der Waals surface area contributed by atoms with Gasteiger partial charge in [0, 0.05) is 12.5 Å². The maximum absolute atomic E-state index is 13.3. The van der Waals surface area contributed by atoms with Crippen LogP contribution in [0.25, 0.3) is 0 Å². The quantitative estimate of drug-likeness (QED) is 0.761. The number of benzene rings is 2. The number of carbonyl (C=O) groups excluding carboxylic acids is 1. The molecule has 2 aromatic carbocycles. The molecule has 0 aliphatic heterocycles. The Labute approximate surface area is 102 Å². The summed E-state index contributed by atoms with van der Waals surface area (Å²) >= 11 is 0. The second-order valence-corrected chi connectivity index (χ2v) is 3.86. The molecule has 2 aromatic rings. The van der Waals surface area contributed by atoms with E-state index in [4.69, 9.17) is 0 Å². The summed E-state index contributed by atoms with van der Waals surface area (Å²) in [6.07, 6.45) is -0.240. The summed E-state index contributed by atoms with van der Waals surface area (Å²) in [6, 6.07) is 8.34. The van der Waals surface area contributed by atoms with Gasteiger partial charge < -0.3 is 0 Å². The summed E-state index contributed by atoms with van der Waals surface area (Å²) in [6.45, 7) is 0. The second kappa shape index (κ2) is 5.04. The summed E-state index contributed by atoms with van der Waals surface area (Å²) in [5, 5.41) is 0. The fourth-order valence-corrected chi connectivity index (χ4v) is 1.68. The number of halogens is 3. The number of hydrogen-bond donors (Lipinski definition) is 0. The first-order valence-corrected chi connectivity index (χ1v) is 5.29. The third-order valence-electron chi connectivity index (χ3n) is 2.46. The van der Waals surface area contributed by atoms with Crippen molar-refractivity contribution in [1.82, 2.24) is 0 Å². The van der Waals surface area contributed by atoms with Crippen LogP contribution in [0.4, 0.5) is 13.2 Å². The zero-order valence-corrected chi connectivity index (χ0v) is 9.29. The molecular weight excluding hydrogens is 241 g/mol. The van der Waals surface area contributed by atoms with Crippen molar-refractivity contribution in [3.63, 3.8) is 0 Å². The molecule has 4 heteroatoms. The highest BCUT2D eigenvalue weighted by Gasteiger charge is 2.12. The maximum atomic E-state index is 13.3. The highest BCUT2D eigenvalue weighted by atomic mass is 19.1. The van der Waals surface area contributed by atoms with Crippen LogP contribution in [0.2, 0.25) is 0 Å². The van der Waals surface area contributed by atoms with Gasteiger partial charge in [0.15, 0.2) is 5.78 Å². The summed E-state index contributed by atoms with van der Waals surface area (Å²) in [5.74, 6) is -2.67. The Balaban J connectivity index is 2.24. The van der Waals surface area contributed by atoms with Crippen LogP contribution < -0.4 is 0 Å². The van der Waals surface area contributed by atoms with E-state index in [1.54, 1.807) is 0 Å². The fraction of sp³-hybridized carbons (Fsp3) is 0.0714. The first-order valence-electron chi connectivity index (χ1n) is 5.29. The van der Waals surface area contributed by atoms with Gasteiger partial charge in [-0.15, -0.1) is 0 Å². The van der Waals surface area contributed by atoms with Gasteiger partial charge in [-0.2, -0.15) is 0 Å². The van der Waals surface area contributed by atoms with Crippen molar-refractivity contribution >= 4 is 5.78 Å². The van der Waals surface area contributed by atoms with Gasteiger partial charge in [0.05, 0.1) is 5.56 Å². The Hall–Kier alpha value is -2.10. The normalized spacial score (nSPS) is 10.4. The molecule has 0 spiro atoms. The fourth-order valence-electron chi connectivity index (χ4n) is 1.68. The predicted octanol–water partition coefficient (Wildman–Crippen LogP) is 3.53. The van der Waals surface area contributed by atoms with Gasteiger partial charge in [-0.25, -0.2) is 13.2 Å². The first-order chi connectivity index (χ1) is 8.56. The standard InChI is InChI=1S/C14H9F3O/c15-10-5-9(6-11(16)8-10)7-14(18)12-3-1-2-4-13(12)17/h1-6,8H,7H2. The average Bonchev–Trinajstić information content (AvgIpc) is 2.27. The number of rotatable bonds is 3. The third-order valence-corrected chi connectivity index (χ3v) is 2.46. The average molecular weight is 250 g/mol. The molecule has 18 heavy (non-hydrogen) atoms. The first kappa shape index (κ1) is 12.4. The molecule has 0 N–H and O–H groups in total. The molecular formula is C14H9F3O. The van der Waals surface area contributed by atoms with Gasteiger partial charge in [-0.05, 0) is 29.8 Å². The van der Waals surface area contributed by atoms with Gasteiger partial charge in [0.1, 0.15) is 17.5 Å². The summed E-state index contributed by atoms with van der Waals surface area (Å²) in [7, 11) is 0. The van der Waals surface area contributed by atoms with Crippen LogP contribution in [0.5, 0.6) is 0 Å². The van der Waals surface area contributed by atoms with E-state index in [-0.39, 0.29) is 17.5 Å². The van der Waals surface area contributed by atoms with E-state index in [1.807, 2.05) is 0 Å². The molecule has 0 heterocycles. The van der Waals surface area contributed by atoms with Gasteiger partial charge in [-0.1, -0.05) is 12.1 Å². The lowest BCUT2D eigenvalue weighted by Gasteiger charge is -2.03. The molecule has 0 aliphatic rings. The van der Waals surface area contributed by atoms with E-state index in [0.29, 0.717) is 0 Å². The van der Waals surface area contributed by atoms with E-state index in [0.717, 1.165) is 18.2 Å². The van der Waals surface area contributed by atoms with E-state index in [1.165, 1.54) is 24.3 Å². The molecule has 0 bridgehead atoms. The molecule has 0 atom stereocenters. The minimum Gasteiger partial charge on any atom is -0.294 e. The number of carbonyl (C=O) groups is 1. The number of hydrogen-bond acceptors (Lipinski definition) is 1. The van der Waals surface area contributed by atoms with Crippen molar-refractivity contribution in [2.75, 3.05) is 0 Å². The molecule has 0 aromatic heterocycles. The molecule has 0 saturated carbocycles. The van der Waals surface area contributed by atoms with Crippen molar-refractivity contribution < 1.29 is 18.0 Å². The number of ketones is 1. The minimum absolute atomic E-state index is 0.0813. The largest absolute Gasteiger partial charge is 0.294 e. The lowest BCUT2D eigenvalue weighted by molar-refractivity contribution is 0.0989. The zero-order chi connectivity index (χ0) is 13.1. The van der Waals surface area contributed by atoms with Gasteiger partial charge in [0.25, 0.3) is 0 Å². The van der Waals surface area contributed by atoms with Crippen LogP contribution in [0.3, 0.4) is 0 Å². The van der Waals surface area contributed by atoms with Crippen molar-refractivity contribution in [2.24, 2.45) is 0 Å². The number of Topliss-reactive ketones (excluding diaryl/α,β-unsaturated/α-hetero) is 1. The van der Waals surface area contributed by atoms with Crippen molar-refractivity contribution in [3.05, 3.63) is 71.0 Å². The summed E-state index contributed by atoms with van der Waals surface area (Å²) < 4.78 is 39.2. The summed E-state index contributed by atoms with van der Waals surface area (Å²) in [5.41, 5.74) is 0.0999. The Kier molecular flexibility index (Phi) is 3.46. The highest BCUT2D eigenvalue weighted by molar-refractivity contribution is 5.97. The topological polar surface area (TPSA) is 17.1 Å². The molecule has 92 valence electrons. The lowest BCUT2D eigenvalue weighted by Crippen LogP contribution is -2.06. The van der Waals surface area contributed by atoms with Crippen molar-refractivity contribution in [1.29, 1.82) is 0 Å². The van der Waals surface area contributed by atoms with Crippen LogP contribution in [0.15, 0.2) is 42.5 Å². The molecule has 0 aliphatic carbocycles. The van der Waals surface area contributed by atoms with E-state index in [9.17, 15) is 18.0 Å². The Morgan fingerprint density at radius 3 is 2.17 bits per heavy atom. The molecule has 1 nitrogen and oxygen atoms in total. The SMILES string of the molecule is O=C(Cc1cc(F)cc(F)c1)c1ccccc1F. The Bertz CT molecular complexity index is 573. The zero-order valence-electron chi connectivity index (χ0n) is 9.29. The Morgan fingerprint density at radius 1 is 0.944 bits per heavy atom. The van der Waals surface area contributed by atoms with Crippen LogP contribution in [-0.4, -0.2) is 5.78 Å². The van der Waals surface area contributed by atoms with Gasteiger partial charge in [0.2, 0.25) is 0 Å². The second-order valence-electron chi connectivity index (χ2n) is 3.86. The molecule has 0 unspecified atom stereocenters. The van der Waals surface area contributed by atoms with Crippen LogP contribution in [0.1, 0.15) is 15.9 Å². The molecule has 0 amide bonds. The van der Waals surface area contributed by atoms with Crippen LogP contribution >= 0.6 is 0 Å². The van der Waals surface area contributed by atoms with E-state index < -0.39 is 23.2 Å². The minimum atomic E-state index is -0.758. The van der Waals surface area contributed by atoms with Gasteiger partial charge >= 0.3 is 0 Å². The highest BCUT2D eigenvalue weighted by Crippen LogP contribution is 2.13. The lowest BCUT2D eigenvalue weighted by atomic mass is 10.0. The summed E-state index contributed by atoms with van der Waals surface area (Å²) in [4.78, 5) is 11.8. The molecule has 0 fully saturated rings. The van der Waals surface area contributed by atoms with Crippen LogP contribution in [0, 0.1) is 17.5 Å². The van der Waals surface area contributed by atoms with Crippen LogP contribution in [-0.2, 0) is 6.42 Å². The van der Waals surface area contributed by atoms with E-state index >= 15 is 0 Å². The monoisotopic (exact) mass is 250 g/mol. The third kappa shape index (κ3) is 2.77. The van der Waals surface area contributed by atoms with E-state index in [2.05, 4.69) is 0 Å². The maximum Gasteiger partial charge on any atom is 0.170 e. The van der Waals surface area contributed by atoms with Crippen molar-refractivity contribution in [3.8, 4) is 0 Å². The molecule has 0 saturated heterocycles. The van der Waals surface area contributed by atoms with Crippen molar-refractivity contribution in [2.45, 2.75) is 6.42 Å². The smallest absolute Gasteiger partial charge is 0.170 e. The van der Waals surface area contributed by atoms with Gasteiger partial charge in [-0.3, -0.25) is 4.79 Å². The molecule has 2 rings (SSSR count). The molecule has 0 radical (unpaired) electrons. The predicted molar refractivity (Wildman–Crippen MR) is 60.8 cm³/mol. The Morgan fingerprint density at radius 2 is 1.56 bits per heavy atom.